The quantitative estimate of drug-likeness (QED) is 0.0530. The molecule has 0 amide bonds. The molecule has 4 rings (SSSR count). The van der Waals surface area contributed by atoms with Gasteiger partial charge in [-0.2, -0.15) is 13.2 Å². The number of rotatable bonds is 16. The molecule has 19 heteroatoms. The number of alkyl halides is 3. The van der Waals surface area contributed by atoms with E-state index >= 15 is 0 Å². The van der Waals surface area contributed by atoms with Gasteiger partial charge in [0.15, 0.2) is 11.0 Å². The maximum absolute atomic E-state index is 13.8. The van der Waals surface area contributed by atoms with Crippen molar-refractivity contribution in [2.75, 3.05) is 35.0 Å². The Morgan fingerprint density at radius 2 is 1.69 bits per heavy atom. The monoisotopic (exact) mass is 796 g/mol. The second kappa shape index (κ2) is 18.1. The van der Waals surface area contributed by atoms with Crippen LogP contribution < -0.4 is 43.9 Å². The van der Waals surface area contributed by atoms with E-state index in [9.17, 15) is 39.1 Å². The molecule has 0 saturated heterocycles. The number of nitrogens with zero attached hydrogens (tertiary/aromatic N) is 4. The standard InChI is InChI=1S/C33H38ClF3N4O8S2.Na/c1-5-38-27-12-11-24(22-49-48-4)19-28(27)40(15-7-17-50(42,43)44)31(38)13-9-23(3)10-14-32-39(6-2)30-21-26(34)25(33(35,36)37)20-29(30)41(32)16-8-18-51(45,46)47;/h6,9-14,19-21H,2,5,7-8,15-18,22H2,1,3-4H3,(H-,42,43,44,45,46,47);/q;+1/p-1. The van der Waals surface area contributed by atoms with Crippen molar-refractivity contribution in [1.29, 1.82) is 0 Å². The van der Waals surface area contributed by atoms with E-state index in [1.165, 1.54) is 23.1 Å². The third-order valence-corrected chi connectivity index (χ3v) is 9.89. The molecule has 12 nitrogen and oxygen atoms in total. The van der Waals surface area contributed by atoms with Crippen LogP contribution in [0.25, 0.3) is 17.1 Å². The van der Waals surface area contributed by atoms with Gasteiger partial charge in [-0.25, -0.2) is 35.7 Å². The SMILES string of the molecule is C=CN1\C(=C/C=C(C)\C=C\c2n(CCCS(=O)(=O)[O-])c3cc(COOC)ccc3[n+]2CC)N(CCCS(=O)(=O)[O-])c2cc(C(F)(F)F)c(Cl)cc21.[Na+]. The van der Waals surface area contributed by atoms with E-state index in [4.69, 9.17) is 21.4 Å². The summed E-state index contributed by atoms with van der Waals surface area (Å²) >= 11 is 6.03. The van der Waals surface area contributed by atoms with E-state index in [0.717, 1.165) is 28.7 Å². The minimum absolute atomic E-state index is 0. The van der Waals surface area contributed by atoms with E-state index < -0.39 is 48.5 Å². The third-order valence-electron chi connectivity index (χ3n) is 8.00. The molecule has 0 bridgehead atoms. The molecule has 0 spiro atoms. The molecule has 0 atom stereocenters. The van der Waals surface area contributed by atoms with Crippen molar-refractivity contribution in [2.45, 2.75) is 52.6 Å². The largest absolute Gasteiger partial charge is 1.00 e. The Hall–Kier alpha value is -2.71. The molecule has 3 aromatic rings. The average molecular weight is 797 g/mol. The molecule has 52 heavy (non-hydrogen) atoms. The van der Waals surface area contributed by atoms with Gasteiger partial charge in [-0.05, 0) is 62.6 Å². The van der Waals surface area contributed by atoms with Crippen molar-refractivity contribution < 1.29 is 83.0 Å². The fourth-order valence-electron chi connectivity index (χ4n) is 5.79. The molecule has 1 aliphatic rings. The zero-order valence-electron chi connectivity index (χ0n) is 29.0. The minimum atomic E-state index is -4.76. The Kier molecular flexibility index (Phi) is 15.2. The molecule has 1 aromatic heterocycles. The smallest absolute Gasteiger partial charge is 0.748 e. The molecule has 0 radical (unpaired) electrons. The predicted octanol–water partition coefficient (Wildman–Crippen LogP) is 2.84. The summed E-state index contributed by atoms with van der Waals surface area (Å²) in [7, 11) is -7.63. The number of imidazole rings is 1. The van der Waals surface area contributed by atoms with Gasteiger partial charge in [0.25, 0.3) is 5.82 Å². The molecule has 0 unspecified atom stereocenters. The Morgan fingerprint density at radius 3 is 2.27 bits per heavy atom. The number of benzene rings is 2. The number of aromatic nitrogens is 2. The number of allylic oxidation sites excluding steroid dienone is 4. The molecule has 278 valence electrons. The zero-order valence-corrected chi connectivity index (χ0v) is 33.4. The van der Waals surface area contributed by atoms with E-state index in [0.29, 0.717) is 23.8 Å². The minimum Gasteiger partial charge on any atom is -0.748 e. The van der Waals surface area contributed by atoms with Crippen LogP contribution in [0.3, 0.4) is 0 Å². The maximum atomic E-state index is 13.8. The van der Waals surface area contributed by atoms with Crippen LogP contribution in [0.5, 0.6) is 0 Å². The van der Waals surface area contributed by atoms with Crippen molar-refractivity contribution in [3.05, 3.63) is 94.7 Å². The first kappa shape index (κ1) is 43.7. The van der Waals surface area contributed by atoms with Gasteiger partial charge in [-0.1, -0.05) is 42.0 Å². The zero-order chi connectivity index (χ0) is 37.7. The number of halogens is 4. The topological polar surface area (TPSA) is 148 Å². The molecule has 0 aliphatic carbocycles. The van der Waals surface area contributed by atoms with E-state index in [1.807, 2.05) is 40.3 Å². The van der Waals surface area contributed by atoms with Crippen molar-refractivity contribution in [2.24, 2.45) is 0 Å². The van der Waals surface area contributed by atoms with Gasteiger partial charge >= 0.3 is 35.7 Å². The number of hydrogen-bond donors (Lipinski definition) is 0. The van der Waals surface area contributed by atoms with Gasteiger partial charge in [-0.3, -0.25) is 0 Å². The van der Waals surface area contributed by atoms with Crippen molar-refractivity contribution in [3.63, 3.8) is 0 Å². The number of fused-ring (bicyclic) bond motifs is 2. The Bertz CT molecular complexity index is 2100. The fourth-order valence-corrected chi connectivity index (χ4v) is 7.02. The predicted molar refractivity (Wildman–Crippen MR) is 185 cm³/mol. The van der Waals surface area contributed by atoms with Crippen LogP contribution >= 0.6 is 11.6 Å². The van der Waals surface area contributed by atoms with Crippen molar-refractivity contribution in [3.8, 4) is 0 Å². The maximum Gasteiger partial charge on any atom is 1.00 e. The summed E-state index contributed by atoms with van der Waals surface area (Å²) in [6.07, 6.45) is 3.48. The second-order valence-electron chi connectivity index (χ2n) is 11.5. The molecule has 1 aliphatic heterocycles. The van der Waals surface area contributed by atoms with Gasteiger partial charge in [-0.15, -0.1) is 0 Å². The molecular weight excluding hydrogens is 760 g/mol. The van der Waals surface area contributed by atoms with Crippen LogP contribution in [-0.2, 0) is 55.9 Å². The summed E-state index contributed by atoms with van der Waals surface area (Å²) in [5, 5.41) is -0.531. The van der Waals surface area contributed by atoms with Crippen LogP contribution in [0, 0.1) is 0 Å². The molecule has 0 N–H and O–H groups in total. The van der Waals surface area contributed by atoms with Crippen LogP contribution in [0.1, 0.15) is 43.6 Å². The second-order valence-corrected chi connectivity index (χ2v) is 15.0. The Morgan fingerprint density at radius 1 is 1.04 bits per heavy atom. The van der Waals surface area contributed by atoms with E-state index in [-0.39, 0.29) is 73.5 Å². The van der Waals surface area contributed by atoms with Crippen LogP contribution in [0.2, 0.25) is 5.02 Å². The van der Waals surface area contributed by atoms with E-state index in [2.05, 4.69) is 6.58 Å². The summed E-state index contributed by atoms with van der Waals surface area (Å²) in [6.45, 7) is 8.36. The summed E-state index contributed by atoms with van der Waals surface area (Å²) in [4.78, 5) is 12.8. The average Bonchev–Trinajstić information content (AvgIpc) is 3.49. The van der Waals surface area contributed by atoms with Crippen molar-refractivity contribution >= 4 is 60.3 Å². The third kappa shape index (κ3) is 10.9. The first-order chi connectivity index (χ1) is 23.9. The summed E-state index contributed by atoms with van der Waals surface area (Å²) in [6, 6.07) is 7.71. The Labute approximate surface area is 328 Å². The van der Waals surface area contributed by atoms with Gasteiger partial charge in [0.1, 0.15) is 12.4 Å². The number of anilines is 2. The van der Waals surface area contributed by atoms with Gasteiger partial charge < -0.3 is 18.9 Å². The van der Waals surface area contributed by atoms with Gasteiger partial charge in [0, 0.05) is 30.3 Å². The Balaban J connectivity index is 0.00000729. The summed E-state index contributed by atoms with van der Waals surface area (Å²) in [5.74, 6) is -0.216. The molecular formula is C33H37ClF3N4NaO8S2. The van der Waals surface area contributed by atoms with Crippen LogP contribution in [-0.4, -0.2) is 55.7 Å². The summed E-state index contributed by atoms with van der Waals surface area (Å²) < 4.78 is 113. The summed E-state index contributed by atoms with van der Waals surface area (Å²) in [5.41, 5.74) is 2.43. The van der Waals surface area contributed by atoms with Gasteiger partial charge in [0.2, 0.25) is 0 Å². The number of hydrogen-bond acceptors (Lipinski definition) is 10. The van der Waals surface area contributed by atoms with Crippen LogP contribution in [0.4, 0.5) is 24.5 Å². The first-order valence-electron chi connectivity index (χ1n) is 15.6. The fraction of sp³-hybridized carbons (Fsp3) is 0.364. The first-order valence-corrected chi connectivity index (χ1v) is 19.2. The van der Waals surface area contributed by atoms with Crippen LogP contribution in [0.15, 0.2) is 72.7 Å². The van der Waals surface area contributed by atoms with E-state index in [1.54, 1.807) is 25.2 Å². The molecule has 0 fully saturated rings. The van der Waals surface area contributed by atoms with Crippen molar-refractivity contribution in [1.82, 2.24) is 4.57 Å². The molecule has 2 heterocycles. The molecule has 2 aromatic carbocycles. The van der Waals surface area contributed by atoms with Gasteiger partial charge in [0.05, 0.1) is 62.4 Å². The molecule has 0 saturated carbocycles. The normalized spacial score (nSPS) is 14.9. The number of aryl methyl sites for hydroxylation is 2.